The molecule has 0 unspecified atom stereocenters. The Morgan fingerprint density at radius 2 is 1.81 bits per heavy atom. The number of hydrogen-bond donors (Lipinski definition) is 0. The van der Waals surface area contributed by atoms with E-state index >= 15 is 0 Å². The van der Waals surface area contributed by atoms with Crippen molar-refractivity contribution >= 4 is 22.3 Å². The van der Waals surface area contributed by atoms with Crippen LogP contribution >= 0.6 is 0 Å². The van der Waals surface area contributed by atoms with E-state index in [1.807, 2.05) is 6.92 Å². The number of ether oxygens (including phenoxy) is 1. The van der Waals surface area contributed by atoms with Gasteiger partial charge in [0.05, 0.1) is 15.9 Å². The molecule has 3 aromatic rings. The van der Waals surface area contributed by atoms with Crippen LogP contribution in [0.25, 0.3) is 11.0 Å². The third kappa shape index (κ3) is 3.76. The van der Waals surface area contributed by atoms with E-state index in [0.29, 0.717) is 12.0 Å². The number of hydrogen-bond acceptors (Lipinski definition) is 7. The SMILES string of the molecule is CCCc1cc(=O)oc2cc(Oc3ccc([N+](=O)[O-])cc3[N+](=O)[O-])ccc12. The van der Waals surface area contributed by atoms with Crippen LogP contribution in [0, 0.1) is 20.2 Å². The number of nitro groups is 2. The maximum Gasteiger partial charge on any atom is 0.336 e. The van der Waals surface area contributed by atoms with Crippen LogP contribution in [0.3, 0.4) is 0 Å². The van der Waals surface area contributed by atoms with E-state index in [9.17, 15) is 25.0 Å². The molecule has 3 rings (SSSR count). The minimum Gasteiger partial charge on any atom is -0.450 e. The van der Waals surface area contributed by atoms with E-state index in [2.05, 4.69) is 0 Å². The Morgan fingerprint density at radius 1 is 1.04 bits per heavy atom. The molecule has 0 fully saturated rings. The van der Waals surface area contributed by atoms with Gasteiger partial charge in [-0.1, -0.05) is 13.3 Å². The second-order valence-corrected chi connectivity index (χ2v) is 5.77. The van der Waals surface area contributed by atoms with Crippen molar-refractivity contribution in [1.82, 2.24) is 0 Å². The van der Waals surface area contributed by atoms with Crippen molar-refractivity contribution in [2.75, 3.05) is 0 Å². The van der Waals surface area contributed by atoms with Crippen LogP contribution in [-0.4, -0.2) is 9.85 Å². The van der Waals surface area contributed by atoms with Crippen molar-refractivity contribution < 1.29 is 19.0 Å². The van der Waals surface area contributed by atoms with Crippen LogP contribution in [0.5, 0.6) is 11.5 Å². The summed E-state index contributed by atoms with van der Waals surface area (Å²) in [7, 11) is 0. The van der Waals surface area contributed by atoms with Crippen molar-refractivity contribution in [1.29, 1.82) is 0 Å². The summed E-state index contributed by atoms with van der Waals surface area (Å²) in [5.41, 5.74) is -0.303. The second kappa shape index (κ2) is 7.24. The lowest BCUT2D eigenvalue weighted by molar-refractivity contribution is -0.394. The fraction of sp³-hybridized carbons (Fsp3) is 0.167. The van der Waals surface area contributed by atoms with E-state index in [1.165, 1.54) is 12.1 Å². The molecule has 27 heavy (non-hydrogen) atoms. The van der Waals surface area contributed by atoms with E-state index in [0.717, 1.165) is 35.6 Å². The van der Waals surface area contributed by atoms with Gasteiger partial charge in [-0.2, -0.15) is 0 Å². The molecule has 9 nitrogen and oxygen atoms in total. The minimum atomic E-state index is -0.761. The molecular formula is C18H14N2O7. The summed E-state index contributed by atoms with van der Waals surface area (Å²) in [6, 6.07) is 9.29. The molecule has 0 aliphatic carbocycles. The Morgan fingerprint density at radius 3 is 2.48 bits per heavy atom. The highest BCUT2D eigenvalue weighted by Crippen LogP contribution is 2.35. The van der Waals surface area contributed by atoms with Crippen LogP contribution in [0.4, 0.5) is 11.4 Å². The zero-order valence-corrected chi connectivity index (χ0v) is 14.2. The van der Waals surface area contributed by atoms with Crippen LogP contribution < -0.4 is 10.4 Å². The minimum absolute atomic E-state index is 0.156. The number of non-ortho nitro benzene ring substituents is 1. The summed E-state index contributed by atoms with van der Waals surface area (Å²) >= 11 is 0. The van der Waals surface area contributed by atoms with Crippen LogP contribution in [0.15, 0.2) is 51.7 Å². The summed E-state index contributed by atoms with van der Waals surface area (Å²) in [5.74, 6) is 0.0493. The number of nitro benzene ring substituents is 2. The van der Waals surface area contributed by atoms with Crippen LogP contribution in [0.1, 0.15) is 18.9 Å². The normalized spacial score (nSPS) is 10.7. The summed E-state index contributed by atoms with van der Waals surface area (Å²) < 4.78 is 10.7. The van der Waals surface area contributed by atoms with Crippen LogP contribution in [-0.2, 0) is 6.42 Å². The number of aryl methyl sites for hydroxylation is 1. The summed E-state index contributed by atoms with van der Waals surface area (Å²) in [6.45, 7) is 1.99. The molecule has 0 saturated heterocycles. The van der Waals surface area contributed by atoms with Gasteiger partial charge in [0, 0.05) is 23.6 Å². The number of fused-ring (bicyclic) bond motifs is 1. The fourth-order valence-electron chi connectivity index (χ4n) is 2.73. The van der Waals surface area contributed by atoms with Crippen molar-refractivity contribution in [3.63, 3.8) is 0 Å². The average molecular weight is 370 g/mol. The molecule has 0 saturated carbocycles. The summed E-state index contributed by atoms with van der Waals surface area (Å²) in [6.07, 6.45) is 1.56. The Hall–Kier alpha value is -3.75. The second-order valence-electron chi connectivity index (χ2n) is 5.77. The molecule has 0 aliphatic rings. The molecule has 0 amide bonds. The monoisotopic (exact) mass is 370 g/mol. The lowest BCUT2D eigenvalue weighted by atomic mass is 10.1. The highest BCUT2D eigenvalue weighted by atomic mass is 16.6. The predicted molar refractivity (Wildman–Crippen MR) is 96.3 cm³/mol. The van der Waals surface area contributed by atoms with Gasteiger partial charge in [0.1, 0.15) is 11.3 Å². The number of nitrogens with zero attached hydrogens (tertiary/aromatic N) is 2. The molecule has 0 atom stereocenters. The van der Waals surface area contributed by atoms with E-state index < -0.39 is 26.8 Å². The smallest absolute Gasteiger partial charge is 0.336 e. The van der Waals surface area contributed by atoms with Crippen molar-refractivity contribution in [3.8, 4) is 11.5 Å². The van der Waals surface area contributed by atoms with Gasteiger partial charge < -0.3 is 9.15 Å². The first-order chi connectivity index (χ1) is 12.9. The van der Waals surface area contributed by atoms with Gasteiger partial charge in [-0.25, -0.2) is 4.79 Å². The number of benzene rings is 2. The van der Waals surface area contributed by atoms with Crippen LogP contribution in [0.2, 0.25) is 0 Å². The maximum atomic E-state index is 11.7. The van der Waals surface area contributed by atoms with Gasteiger partial charge in [0.2, 0.25) is 5.75 Å². The Balaban J connectivity index is 2.03. The van der Waals surface area contributed by atoms with Gasteiger partial charge >= 0.3 is 11.3 Å². The first-order valence-electron chi connectivity index (χ1n) is 8.06. The first kappa shape index (κ1) is 18.1. The molecule has 0 radical (unpaired) electrons. The zero-order chi connectivity index (χ0) is 19.6. The molecule has 0 aliphatic heterocycles. The lowest BCUT2D eigenvalue weighted by Gasteiger charge is -2.08. The molecule has 1 heterocycles. The van der Waals surface area contributed by atoms with Gasteiger partial charge in [0.15, 0.2) is 0 Å². The first-order valence-corrected chi connectivity index (χ1v) is 8.06. The molecule has 138 valence electrons. The van der Waals surface area contributed by atoms with Crippen molar-refractivity contribution in [3.05, 3.63) is 78.7 Å². The lowest BCUT2D eigenvalue weighted by Crippen LogP contribution is -2.01. The Kier molecular flexibility index (Phi) is 4.84. The highest BCUT2D eigenvalue weighted by Gasteiger charge is 2.21. The average Bonchev–Trinajstić information content (AvgIpc) is 2.61. The zero-order valence-electron chi connectivity index (χ0n) is 14.2. The maximum absolute atomic E-state index is 11.7. The fourth-order valence-corrected chi connectivity index (χ4v) is 2.73. The third-order valence-corrected chi connectivity index (χ3v) is 3.90. The van der Waals surface area contributed by atoms with E-state index in [4.69, 9.17) is 9.15 Å². The Labute approximate surface area is 152 Å². The molecule has 2 aromatic carbocycles. The largest absolute Gasteiger partial charge is 0.450 e. The van der Waals surface area contributed by atoms with E-state index in [-0.39, 0.29) is 11.5 Å². The highest BCUT2D eigenvalue weighted by molar-refractivity contribution is 5.81. The third-order valence-electron chi connectivity index (χ3n) is 3.90. The molecule has 1 aromatic heterocycles. The number of rotatable bonds is 6. The summed E-state index contributed by atoms with van der Waals surface area (Å²) in [5, 5.41) is 22.8. The van der Waals surface area contributed by atoms with E-state index in [1.54, 1.807) is 12.1 Å². The van der Waals surface area contributed by atoms with Gasteiger partial charge in [-0.05, 0) is 30.2 Å². The van der Waals surface area contributed by atoms with Crippen molar-refractivity contribution in [2.45, 2.75) is 19.8 Å². The van der Waals surface area contributed by atoms with Gasteiger partial charge in [0.25, 0.3) is 5.69 Å². The van der Waals surface area contributed by atoms with Gasteiger partial charge in [-0.15, -0.1) is 0 Å². The molecular weight excluding hydrogens is 356 g/mol. The Bertz CT molecular complexity index is 1100. The summed E-state index contributed by atoms with van der Waals surface area (Å²) in [4.78, 5) is 32.3. The molecule has 9 heteroatoms. The predicted octanol–water partition coefficient (Wildman–Crippen LogP) is 4.35. The van der Waals surface area contributed by atoms with Gasteiger partial charge in [-0.3, -0.25) is 20.2 Å². The quantitative estimate of drug-likeness (QED) is 0.358. The van der Waals surface area contributed by atoms with Crippen molar-refractivity contribution in [2.24, 2.45) is 0 Å². The topological polar surface area (TPSA) is 126 Å². The molecule has 0 N–H and O–H groups in total. The molecule has 0 spiro atoms. The molecule has 0 bridgehead atoms. The standard InChI is InChI=1S/C18H14N2O7/c1-2-3-11-8-18(21)27-17-10-13(5-6-14(11)17)26-16-7-4-12(19(22)23)9-15(16)20(24)25/h4-10H,2-3H2,1H3.